The van der Waals surface area contributed by atoms with Crippen LogP contribution in [-0.4, -0.2) is 22.9 Å². The first-order chi connectivity index (χ1) is 9.93. The third-order valence-electron chi connectivity index (χ3n) is 3.54. The molecular formula is C16H18N2O3. The molecule has 1 atom stereocenters. The van der Waals surface area contributed by atoms with Crippen molar-refractivity contribution in [2.45, 2.75) is 26.8 Å². The van der Waals surface area contributed by atoms with Crippen molar-refractivity contribution in [3.05, 3.63) is 51.8 Å². The molecule has 1 heterocycles. The van der Waals surface area contributed by atoms with E-state index in [0.29, 0.717) is 5.69 Å². The average molecular weight is 286 g/mol. The number of nitrogens with zero attached hydrogens (tertiary/aromatic N) is 2. The minimum absolute atomic E-state index is 0.333. The molecule has 0 aliphatic heterocycles. The lowest BCUT2D eigenvalue weighted by Gasteiger charge is -2.13. The smallest absolute Gasteiger partial charge is 0.330 e. The summed E-state index contributed by atoms with van der Waals surface area (Å²) in [6.45, 7) is 5.64. The van der Waals surface area contributed by atoms with E-state index in [4.69, 9.17) is 0 Å². The second kappa shape index (κ2) is 5.91. The first-order valence-electron chi connectivity index (χ1n) is 6.69. The summed E-state index contributed by atoms with van der Waals surface area (Å²) in [5, 5.41) is 4.29. The monoisotopic (exact) mass is 286 g/mol. The maximum Gasteiger partial charge on any atom is 0.330 e. The Morgan fingerprint density at radius 3 is 2.52 bits per heavy atom. The zero-order valence-electron chi connectivity index (χ0n) is 12.6. The van der Waals surface area contributed by atoms with Crippen molar-refractivity contribution in [3.63, 3.8) is 0 Å². The van der Waals surface area contributed by atoms with Crippen molar-refractivity contribution in [1.29, 1.82) is 0 Å². The number of methoxy groups -OCH3 is 1. The SMILES string of the molecule is COC(=O)C(C)n1nc(-c2ccc(C)c(C)c2)ccc1=O. The van der Waals surface area contributed by atoms with Gasteiger partial charge in [0.05, 0.1) is 12.8 Å². The quantitative estimate of drug-likeness (QED) is 0.812. The normalized spacial score (nSPS) is 12.0. The van der Waals surface area contributed by atoms with Crippen LogP contribution in [0.3, 0.4) is 0 Å². The molecule has 1 aromatic carbocycles. The van der Waals surface area contributed by atoms with Gasteiger partial charge in [0.1, 0.15) is 0 Å². The number of benzene rings is 1. The van der Waals surface area contributed by atoms with E-state index in [1.807, 2.05) is 32.0 Å². The molecule has 0 N–H and O–H groups in total. The standard InChI is InChI=1S/C16H18N2O3/c1-10-5-6-13(9-11(10)2)14-7-8-15(19)18(17-14)12(3)16(20)21-4/h5-9,12H,1-4H3. The Labute approximate surface area is 123 Å². The van der Waals surface area contributed by atoms with Gasteiger partial charge >= 0.3 is 5.97 Å². The van der Waals surface area contributed by atoms with Crippen molar-refractivity contribution in [1.82, 2.24) is 9.78 Å². The molecule has 0 saturated carbocycles. The van der Waals surface area contributed by atoms with Gasteiger partial charge in [-0.15, -0.1) is 0 Å². The molecule has 0 aliphatic rings. The zero-order valence-corrected chi connectivity index (χ0v) is 12.6. The number of hydrogen-bond donors (Lipinski definition) is 0. The van der Waals surface area contributed by atoms with Gasteiger partial charge in [0.2, 0.25) is 0 Å². The summed E-state index contributed by atoms with van der Waals surface area (Å²) >= 11 is 0. The second-order valence-electron chi connectivity index (χ2n) is 5.00. The molecule has 0 fully saturated rings. The van der Waals surface area contributed by atoms with Gasteiger partial charge in [0, 0.05) is 11.6 Å². The van der Waals surface area contributed by atoms with Gasteiger partial charge in [-0.1, -0.05) is 12.1 Å². The number of esters is 1. The van der Waals surface area contributed by atoms with Crippen LogP contribution in [0.1, 0.15) is 24.1 Å². The van der Waals surface area contributed by atoms with E-state index in [1.165, 1.54) is 18.7 Å². The Kier molecular flexibility index (Phi) is 4.21. The van der Waals surface area contributed by atoms with Gasteiger partial charge in [-0.05, 0) is 44.0 Å². The van der Waals surface area contributed by atoms with Crippen LogP contribution < -0.4 is 5.56 Å². The molecule has 1 unspecified atom stereocenters. The lowest BCUT2D eigenvalue weighted by Crippen LogP contribution is -2.30. The van der Waals surface area contributed by atoms with Gasteiger partial charge in [-0.25, -0.2) is 9.48 Å². The number of carbonyl (C=O) groups is 1. The van der Waals surface area contributed by atoms with Crippen LogP contribution in [0.5, 0.6) is 0 Å². The summed E-state index contributed by atoms with van der Waals surface area (Å²) in [6, 6.07) is 8.28. The highest BCUT2D eigenvalue weighted by molar-refractivity contribution is 5.73. The Balaban J connectivity index is 2.49. The number of ether oxygens (including phenoxy) is 1. The fourth-order valence-electron chi connectivity index (χ4n) is 2.03. The highest BCUT2D eigenvalue weighted by atomic mass is 16.5. The van der Waals surface area contributed by atoms with Crippen LogP contribution in [0.15, 0.2) is 35.1 Å². The van der Waals surface area contributed by atoms with Crippen LogP contribution in [0, 0.1) is 13.8 Å². The molecule has 0 aliphatic carbocycles. The maximum atomic E-state index is 11.9. The fraction of sp³-hybridized carbons (Fsp3) is 0.312. The number of hydrogen-bond acceptors (Lipinski definition) is 4. The lowest BCUT2D eigenvalue weighted by molar-refractivity contribution is -0.144. The van der Waals surface area contributed by atoms with E-state index in [9.17, 15) is 9.59 Å². The number of aryl methyl sites for hydroxylation is 2. The third-order valence-corrected chi connectivity index (χ3v) is 3.54. The van der Waals surface area contributed by atoms with E-state index in [-0.39, 0.29) is 5.56 Å². The number of rotatable bonds is 3. The van der Waals surface area contributed by atoms with E-state index in [0.717, 1.165) is 15.8 Å². The average Bonchev–Trinajstić information content (AvgIpc) is 2.49. The second-order valence-corrected chi connectivity index (χ2v) is 5.00. The fourth-order valence-corrected chi connectivity index (χ4v) is 2.03. The molecule has 2 aromatic rings. The van der Waals surface area contributed by atoms with Crippen molar-refractivity contribution in [2.24, 2.45) is 0 Å². The van der Waals surface area contributed by atoms with Gasteiger partial charge in [0.15, 0.2) is 6.04 Å². The van der Waals surface area contributed by atoms with Crippen molar-refractivity contribution in [2.75, 3.05) is 7.11 Å². The summed E-state index contributed by atoms with van der Waals surface area (Å²) < 4.78 is 5.81. The third kappa shape index (κ3) is 3.02. The Morgan fingerprint density at radius 2 is 1.90 bits per heavy atom. The largest absolute Gasteiger partial charge is 0.467 e. The molecule has 1 aromatic heterocycles. The summed E-state index contributed by atoms with van der Waals surface area (Å²) in [4.78, 5) is 23.5. The first-order valence-corrected chi connectivity index (χ1v) is 6.69. The van der Waals surface area contributed by atoms with E-state index in [1.54, 1.807) is 13.0 Å². The predicted molar refractivity (Wildman–Crippen MR) is 80.1 cm³/mol. The van der Waals surface area contributed by atoms with Crippen LogP contribution in [0.4, 0.5) is 0 Å². The molecular weight excluding hydrogens is 268 g/mol. The zero-order chi connectivity index (χ0) is 15.6. The molecule has 2 rings (SSSR count). The van der Waals surface area contributed by atoms with Crippen LogP contribution in [0.2, 0.25) is 0 Å². The van der Waals surface area contributed by atoms with Crippen molar-refractivity contribution < 1.29 is 9.53 Å². The highest BCUT2D eigenvalue weighted by Crippen LogP contribution is 2.19. The summed E-state index contributed by atoms with van der Waals surface area (Å²) in [7, 11) is 1.29. The highest BCUT2D eigenvalue weighted by Gasteiger charge is 2.18. The Bertz CT molecular complexity index is 735. The first kappa shape index (κ1) is 15.0. The van der Waals surface area contributed by atoms with Gasteiger partial charge in [-0.3, -0.25) is 4.79 Å². The Hall–Kier alpha value is -2.43. The maximum absolute atomic E-state index is 11.9. The van der Waals surface area contributed by atoms with E-state index < -0.39 is 12.0 Å². The van der Waals surface area contributed by atoms with Gasteiger partial charge in [0.25, 0.3) is 5.56 Å². The molecule has 0 bridgehead atoms. The van der Waals surface area contributed by atoms with E-state index >= 15 is 0 Å². The molecule has 5 heteroatoms. The molecule has 0 amide bonds. The molecule has 0 saturated heterocycles. The number of aromatic nitrogens is 2. The number of carbonyl (C=O) groups excluding carboxylic acids is 1. The Morgan fingerprint density at radius 1 is 1.19 bits per heavy atom. The lowest BCUT2D eigenvalue weighted by atomic mass is 10.0. The molecule has 21 heavy (non-hydrogen) atoms. The molecule has 110 valence electrons. The molecule has 0 spiro atoms. The van der Waals surface area contributed by atoms with Crippen molar-refractivity contribution >= 4 is 5.97 Å². The molecule has 5 nitrogen and oxygen atoms in total. The summed E-state index contributed by atoms with van der Waals surface area (Å²) in [5.41, 5.74) is 3.56. The van der Waals surface area contributed by atoms with Gasteiger partial charge < -0.3 is 4.74 Å². The van der Waals surface area contributed by atoms with Crippen LogP contribution in [0.25, 0.3) is 11.3 Å². The summed E-state index contributed by atoms with van der Waals surface area (Å²) in [6.07, 6.45) is 0. The van der Waals surface area contributed by atoms with Crippen molar-refractivity contribution in [3.8, 4) is 11.3 Å². The van der Waals surface area contributed by atoms with Gasteiger partial charge in [-0.2, -0.15) is 5.10 Å². The molecule has 0 radical (unpaired) electrons. The van der Waals surface area contributed by atoms with Crippen LogP contribution in [-0.2, 0) is 9.53 Å². The van der Waals surface area contributed by atoms with E-state index in [2.05, 4.69) is 9.84 Å². The minimum Gasteiger partial charge on any atom is -0.467 e. The predicted octanol–water partition coefficient (Wildman–Crippen LogP) is 2.26. The topological polar surface area (TPSA) is 61.2 Å². The summed E-state index contributed by atoms with van der Waals surface area (Å²) in [5.74, 6) is -0.498. The minimum atomic E-state index is -0.756. The van der Waals surface area contributed by atoms with Crippen LogP contribution >= 0.6 is 0 Å².